The van der Waals surface area contributed by atoms with Crippen LogP contribution in [0.1, 0.15) is 42.9 Å². The van der Waals surface area contributed by atoms with Crippen LogP contribution >= 0.6 is 11.3 Å². The fourth-order valence-electron chi connectivity index (χ4n) is 1.36. The van der Waals surface area contributed by atoms with Crippen LogP contribution in [0.4, 0.5) is 0 Å². The van der Waals surface area contributed by atoms with Crippen molar-refractivity contribution in [2.75, 3.05) is 13.1 Å². The molecule has 0 aliphatic rings. The van der Waals surface area contributed by atoms with Gasteiger partial charge in [-0.25, -0.2) is 0 Å². The molecule has 1 unspecified atom stereocenters. The molecule has 104 valence electrons. The van der Waals surface area contributed by atoms with E-state index in [1.165, 1.54) is 11.3 Å². The van der Waals surface area contributed by atoms with E-state index in [2.05, 4.69) is 44.9 Å². The summed E-state index contributed by atoms with van der Waals surface area (Å²) >= 11 is 1.41. The molecule has 1 atom stereocenters. The average Bonchev–Trinajstić information content (AvgIpc) is 2.79. The van der Waals surface area contributed by atoms with Gasteiger partial charge in [-0.3, -0.25) is 4.79 Å². The van der Waals surface area contributed by atoms with Crippen LogP contribution in [0.15, 0.2) is 11.4 Å². The van der Waals surface area contributed by atoms with Gasteiger partial charge in [-0.2, -0.15) is 0 Å². The van der Waals surface area contributed by atoms with E-state index in [0.717, 1.165) is 5.56 Å². The van der Waals surface area contributed by atoms with Crippen LogP contribution in [0.25, 0.3) is 0 Å². The molecule has 0 aliphatic heterocycles. The first-order valence-electron chi connectivity index (χ1n) is 6.41. The van der Waals surface area contributed by atoms with Gasteiger partial charge in [0.25, 0.3) is 5.91 Å². The Bertz CT molecular complexity index is 488. The summed E-state index contributed by atoms with van der Waals surface area (Å²) in [7, 11) is 0. The summed E-state index contributed by atoms with van der Waals surface area (Å²) in [6, 6.07) is 1.86. The molecule has 1 heterocycles. The Morgan fingerprint density at radius 3 is 2.79 bits per heavy atom. The summed E-state index contributed by atoms with van der Waals surface area (Å²) in [6.07, 6.45) is 0. The molecule has 3 N–H and O–H groups in total. The Hall–Kier alpha value is -1.31. The number of rotatable bonds is 3. The highest BCUT2D eigenvalue weighted by Gasteiger charge is 2.21. The van der Waals surface area contributed by atoms with Crippen LogP contribution in [0, 0.1) is 23.2 Å². The molecule has 1 aromatic heterocycles. The van der Waals surface area contributed by atoms with E-state index in [9.17, 15) is 4.79 Å². The van der Waals surface area contributed by atoms with Crippen molar-refractivity contribution in [3.05, 3.63) is 21.9 Å². The molecule has 4 heteroatoms. The lowest BCUT2D eigenvalue weighted by molar-refractivity contribution is 0.0941. The van der Waals surface area contributed by atoms with Crippen molar-refractivity contribution in [1.82, 2.24) is 5.32 Å². The maximum absolute atomic E-state index is 12.1. The fourth-order valence-corrected chi connectivity index (χ4v) is 2.13. The van der Waals surface area contributed by atoms with E-state index in [1.54, 1.807) is 0 Å². The van der Waals surface area contributed by atoms with Gasteiger partial charge in [0.15, 0.2) is 0 Å². The molecule has 1 aromatic rings. The Morgan fingerprint density at radius 2 is 2.21 bits per heavy atom. The normalized spacial score (nSPS) is 12.5. The van der Waals surface area contributed by atoms with Crippen LogP contribution in [0.2, 0.25) is 0 Å². The van der Waals surface area contributed by atoms with Gasteiger partial charge >= 0.3 is 0 Å². The van der Waals surface area contributed by atoms with Crippen LogP contribution in [-0.4, -0.2) is 19.0 Å². The van der Waals surface area contributed by atoms with Crippen molar-refractivity contribution in [3.63, 3.8) is 0 Å². The van der Waals surface area contributed by atoms with E-state index >= 15 is 0 Å². The Labute approximate surface area is 119 Å². The highest BCUT2D eigenvalue weighted by molar-refractivity contribution is 7.12. The zero-order valence-corrected chi connectivity index (χ0v) is 12.9. The van der Waals surface area contributed by atoms with Crippen molar-refractivity contribution in [2.24, 2.45) is 17.1 Å². The zero-order valence-electron chi connectivity index (χ0n) is 12.0. The topological polar surface area (TPSA) is 55.1 Å². The maximum Gasteiger partial charge on any atom is 0.262 e. The van der Waals surface area contributed by atoms with Crippen LogP contribution in [0.3, 0.4) is 0 Å². The van der Waals surface area contributed by atoms with Crippen LogP contribution < -0.4 is 11.1 Å². The van der Waals surface area contributed by atoms with E-state index in [1.807, 2.05) is 11.4 Å². The van der Waals surface area contributed by atoms with E-state index < -0.39 is 0 Å². The molecular formula is C15H22N2OS. The molecule has 3 nitrogen and oxygen atoms in total. The first-order valence-corrected chi connectivity index (χ1v) is 7.29. The molecule has 0 saturated heterocycles. The summed E-state index contributed by atoms with van der Waals surface area (Å²) in [5, 5.41) is 4.86. The van der Waals surface area contributed by atoms with Crippen molar-refractivity contribution >= 4 is 17.2 Å². The lowest BCUT2D eigenvalue weighted by Crippen LogP contribution is -2.33. The molecule has 0 saturated carbocycles. The maximum atomic E-state index is 12.1. The number of carbonyl (C=O) groups excluding carboxylic acids is 1. The first kappa shape index (κ1) is 15.7. The van der Waals surface area contributed by atoms with Gasteiger partial charge in [0.2, 0.25) is 0 Å². The second-order valence-corrected chi connectivity index (χ2v) is 6.56. The first-order chi connectivity index (χ1) is 8.86. The van der Waals surface area contributed by atoms with Gasteiger partial charge in [-0.05, 0) is 22.8 Å². The van der Waals surface area contributed by atoms with Gasteiger partial charge in [0, 0.05) is 12.1 Å². The Kier molecular flexibility index (Phi) is 5.59. The minimum absolute atomic E-state index is 0.0487. The quantitative estimate of drug-likeness (QED) is 0.835. The number of thiophene rings is 1. The van der Waals surface area contributed by atoms with Gasteiger partial charge in [-0.1, -0.05) is 39.5 Å². The number of nitrogens with one attached hydrogen (secondary N) is 1. The number of hydrogen-bond acceptors (Lipinski definition) is 3. The molecule has 19 heavy (non-hydrogen) atoms. The van der Waals surface area contributed by atoms with Crippen molar-refractivity contribution in [1.29, 1.82) is 0 Å². The number of amides is 1. The standard InChI is InChI=1S/C15H22N2OS/c1-11(15(2,3)4)10-17-14(18)13-12(6-5-8-16)7-9-19-13/h7,9,11H,8,10,16H2,1-4H3,(H,17,18). The highest BCUT2D eigenvalue weighted by Crippen LogP contribution is 2.24. The van der Waals surface area contributed by atoms with E-state index in [-0.39, 0.29) is 11.3 Å². The van der Waals surface area contributed by atoms with Gasteiger partial charge in [0.1, 0.15) is 4.88 Å². The summed E-state index contributed by atoms with van der Waals surface area (Å²) in [5.74, 6) is 6.07. The third-order valence-electron chi connectivity index (χ3n) is 3.24. The number of hydrogen-bond donors (Lipinski definition) is 2. The third kappa shape index (κ3) is 4.70. The molecule has 0 bridgehead atoms. The average molecular weight is 278 g/mol. The number of carbonyl (C=O) groups is 1. The number of nitrogens with two attached hydrogens (primary N) is 1. The molecule has 0 radical (unpaired) electrons. The molecule has 0 fully saturated rings. The third-order valence-corrected chi connectivity index (χ3v) is 4.16. The SMILES string of the molecule is CC(CNC(=O)c1sccc1C#CCN)C(C)(C)C. The Balaban J connectivity index is 2.67. The predicted octanol–water partition coefficient (Wildman–Crippen LogP) is 2.47. The minimum Gasteiger partial charge on any atom is -0.351 e. The summed E-state index contributed by atoms with van der Waals surface area (Å²) in [6.45, 7) is 9.64. The largest absolute Gasteiger partial charge is 0.351 e. The van der Waals surface area contributed by atoms with E-state index in [4.69, 9.17) is 5.73 Å². The van der Waals surface area contributed by atoms with Crippen molar-refractivity contribution < 1.29 is 4.79 Å². The van der Waals surface area contributed by atoms with Gasteiger partial charge in [-0.15, -0.1) is 11.3 Å². The lowest BCUT2D eigenvalue weighted by Gasteiger charge is -2.27. The van der Waals surface area contributed by atoms with E-state index in [0.29, 0.717) is 23.9 Å². The molecule has 0 aliphatic carbocycles. The fraction of sp³-hybridized carbons (Fsp3) is 0.533. The summed E-state index contributed by atoms with van der Waals surface area (Å²) in [5.41, 5.74) is 6.29. The lowest BCUT2D eigenvalue weighted by atomic mass is 9.82. The van der Waals surface area contributed by atoms with Crippen molar-refractivity contribution in [3.8, 4) is 11.8 Å². The van der Waals surface area contributed by atoms with Crippen molar-refractivity contribution in [2.45, 2.75) is 27.7 Å². The van der Waals surface area contributed by atoms with Crippen LogP contribution in [-0.2, 0) is 0 Å². The highest BCUT2D eigenvalue weighted by atomic mass is 32.1. The van der Waals surface area contributed by atoms with Gasteiger partial charge in [0.05, 0.1) is 6.54 Å². The second kappa shape index (κ2) is 6.74. The smallest absolute Gasteiger partial charge is 0.262 e. The molecule has 1 amide bonds. The monoisotopic (exact) mass is 278 g/mol. The minimum atomic E-state index is -0.0487. The Morgan fingerprint density at radius 1 is 1.53 bits per heavy atom. The summed E-state index contributed by atoms with van der Waals surface area (Å²) in [4.78, 5) is 12.8. The summed E-state index contributed by atoms with van der Waals surface area (Å²) < 4.78 is 0. The second-order valence-electron chi connectivity index (χ2n) is 5.65. The molecule has 1 rings (SSSR count). The van der Waals surface area contributed by atoms with Crippen LogP contribution in [0.5, 0.6) is 0 Å². The molecule has 0 spiro atoms. The predicted molar refractivity (Wildman–Crippen MR) is 81.2 cm³/mol. The van der Waals surface area contributed by atoms with Gasteiger partial charge < -0.3 is 11.1 Å². The zero-order chi connectivity index (χ0) is 14.5. The molecular weight excluding hydrogens is 256 g/mol. The molecule has 0 aromatic carbocycles.